The van der Waals surface area contributed by atoms with E-state index in [1.165, 1.54) is 0 Å². The van der Waals surface area contributed by atoms with Crippen LogP contribution in [0.25, 0.3) is 0 Å². The van der Waals surface area contributed by atoms with E-state index in [0.29, 0.717) is 0 Å². The van der Waals surface area contributed by atoms with Crippen molar-refractivity contribution < 1.29 is 9.90 Å². The van der Waals surface area contributed by atoms with Crippen LogP contribution >= 0.6 is 0 Å². The van der Waals surface area contributed by atoms with Crippen molar-refractivity contribution in [1.82, 2.24) is 9.88 Å². The van der Waals surface area contributed by atoms with E-state index in [4.69, 9.17) is 0 Å². The van der Waals surface area contributed by atoms with Crippen LogP contribution in [-0.4, -0.2) is 41.1 Å². The van der Waals surface area contributed by atoms with Crippen molar-refractivity contribution in [2.24, 2.45) is 5.92 Å². The molecule has 0 spiro atoms. The van der Waals surface area contributed by atoms with Gasteiger partial charge >= 0.3 is 5.97 Å². The topological polar surface area (TPSA) is 53.4 Å². The van der Waals surface area contributed by atoms with Crippen LogP contribution in [-0.2, 0) is 4.79 Å². The molecule has 86 valence electrons. The Hall–Kier alpha value is -1.42. The molecule has 0 saturated carbocycles. The summed E-state index contributed by atoms with van der Waals surface area (Å²) in [6.45, 7) is 1.85. The number of aromatic nitrogens is 1. The standard InChI is InChI=1S/C12H16N2O2/c1-14-7-4-10(8-14)11(12(15)16)9-2-5-13-6-3-9/h2-3,5-6,10-11H,4,7-8H2,1H3,(H,15,16). The molecule has 1 aromatic rings. The largest absolute Gasteiger partial charge is 0.481 e. The van der Waals surface area contributed by atoms with E-state index >= 15 is 0 Å². The van der Waals surface area contributed by atoms with Gasteiger partial charge in [0.15, 0.2) is 0 Å². The summed E-state index contributed by atoms with van der Waals surface area (Å²) < 4.78 is 0. The third-order valence-corrected chi connectivity index (χ3v) is 3.23. The molecule has 2 heterocycles. The molecule has 2 rings (SSSR count). The van der Waals surface area contributed by atoms with Gasteiger partial charge in [0.05, 0.1) is 5.92 Å². The smallest absolute Gasteiger partial charge is 0.311 e. The van der Waals surface area contributed by atoms with Crippen LogP contribution in [0.1, 0.15) is 17.9 Å². The molecule has 2 unspecified atom stereocenters. The first-order valence-electron chi connectivity index (χ1n) is 5.49. The first-order valence-corrected chi connectivity index (χ1v) is 5.49. The molecule has 1 aliphatic heterocycles. The molecule has 16 heavy (non-hydrogen) atoms. The van der Waals surface area contributed by atoms with E-state index in [2.05, 4.69) is 9.88 Å². The third kappa shape index (κ3) is 2.22. The SMILES string of the molecule is CN1CCC(C(C(=O)O)c2ccncc2)C1. The number of rotatable bonds is 3. The number of carboxylic acid groups (broad SMARTS) is 1. The fourth-order valence-electron chi connectivity index (χ4n) is 2.43. The highest BCUT2D eigenvalue weighted by Crippen LogP contribution is 2.31. The van der Waals surface area contributed by atoms with E-state index < -0.39 is 11.9 Å². The number of pyridine rings is 1. The fourth-order valence-corrected chi connectivity index (χ4v) is 2.43. The van der Waals surface area contributed by atoms with Crippen LogP contribution < -0.4 is 0 Å². The lowest BCUT2D eigenvalue weighted by Gasteiger charge is -2.19. The maximum Gasteiger partial charge on any atom is 0.311 e. The predicted molar refractivity (Wildman–Crippen MR) is 60.2 cm³/mol. The Morgan fingerprint density at radius 1 is 1.56 bits per heavy atom. The van der Waals surface area contributed by atoms with Gasteiger partial charge in [-0.3, -0.25) is 9.78 Å². The molecule has 4 nitrogen and oxygen atoms in total. The van der Waals surface area contributed by atoms with Gasteiger partial charge in [0.1, 0.15) is 0 Å². The number of carboxylic acids is 1. The van der Waals surface area contributed by atoms with Crippen LogP contribution in [0.2, 0.25) is 0 Å². The molecule has 0 amide bonds. The first-order chi connectivity index (χ1) is 7.68. The van der Waals surface area contributed by atoms with E-state index in [1.54, 1.807) is 24.5 Å². The second kappa shape index (κ2) is 4.61. The molecule has 0 aromatic carbocycles. The van der Waals surface area contributed by atoms with Gasteiger partial charge in [-0.2, -0.15) is 0 Å². The number of carbonyl (C=O) groups is 1. The zero-order chi connectivity index (χ0) is 11.5. The summed E-state index contributed by atoms with van der Waals surface area (Å²) in [5, 5.41) is 9.33. The van der Waals surface area contributed by atoms with Crippen molar-refractivity contribution in [2.75, 3.05) is 20.1 Å². The van der Waals surface area contributed by atoms with Crippen LogP contribution in [0.15, 0.2) is 24.5 Å². The molecule has 2 atom stereocenters. The Bertz CT molecular complexity index is 367. The molecule has 0 radical (unpaired) electrons. The molecular weight excluding hydrogens is 204 g/mol. The van der Waals surface area contributed by atoms with Crippen LogP contribution in [0, 0.1) is 5.92 Å². The summed E-state index contributed by atoms with van der Waals surface area (Å²) in [5.41, 5.74) is 0.864. The summed E-state index contributed by atoms with van der Waals surface area (Å²) in [6, 6.07) is 3.61. The highest BCUT2D eigenvalue weighted by atomic mass is 16.4. The fraction of sp³-hybridized carbons (Fsp3) is 0.500. The number of nitrogens with zero attached hydrogens (tertiary/aromatic N) is 2. The van der Waals surface area contributed by atoms with E-state index in [-0.39, 0.29) is 5.92 Å². The Labute approximate surface area is 94.9 Å². The molecule has 1 N–H and O–H groups in total. The Morgan fingerprint density at radius 2 is 2.25 bits per heavy atom. The molecule has 1 saturated heterocycles. The summed E-state index contributed by atoms with van der Waals surface area (Å²) in [5.74, 6) is -0.913. The highest BCUT2D eigenvalue weighted by Gasteiger charge is 2.33. The molecule has 0 bridgehead atoms. The maximum atomic E-state index is 11.4. The zero-order valence-electron chi connectivity index (χ0n) is 9.34. The van der Waals surface area contributed by atoms with Gasteiger partial charge in [-0.1, -0.05) is 0 Å². The van der Waals surface area contributed by atoms with Crippen LogP contribution in [0.5, 0.6) is 0 Å². The van der Waals surface area contributed by atoms with Gasteiger partial charge in [0, 0.05) is 18.9 Å². The lowest BCUT2D eigenvalue weighted by molar-refractivity contribution is -0.140. The van der Waals surface area contributed by atoms with Crippen molar-refractivity contribution >= 4 is 5.97 Å². The quantitative estimate of drug-likeness (QED) is 0.831. The van der Waals surface area contributed by atoms with Gasteiger partial charge in [-0.25, -0.2) is 0 Å². The minimum Gasteiger partial charge on any atom is -0.481 e. The molecule has 0 aliphatic carbocycles. The maximum absolute atomic E-state index is 11.4. The monoisotopic (exact) mass is 220 g/mol. The average molecular weight is 220 g/mol. The van der Waals surface area contributed by atoms with E-state index in [0.717, 1.165) is 25.1 Å². The molecule has 4 heteroatoms. The number of likely N-dealkylation sites (tertiary alicyclic amines) is 1. The van der Waals surface area contributed by atoms with Crippen molar-refractivity contribution in [3.05, 3.63) is 30.1 Å². The van der Waals surface area contributed by atoms with Gasteiger partial charge < -0.3 is 10.0 Å². The minimum atomic E-state index is -0.730. The van der Waals surface area contributed by atoms with Gasteiger partial charge in [0.25, 0.3) is 0 Å². The van der Waals surface area contributed by atoms with Crippen molar-refractivity contribution in [1.29, 1.82) is 0 Å². The van der Waals surface area contributed by atoms with Crippen LogP contribution in [0.4, 0.5) is 0 Å². The molecule has 1 fully saturated rings. The summed E-state index contributed by atoms with van der Waals surface area (Å²) in [4.78, 5) is 17.5. The highest BCUT2D eigenvalue weighted by molar-refractivity contribution is 5.76. The van der Waals surface area contributed by atoms with E-state index in [9.17, 15) is 9.90 Å². The Balaban J connectivity index is 2.21. The Morgan fingerprint density at radius 3 is 2.75 bits per heavy atom. The lowest BCUT2D eigenvalue weighted by atomic mass is 9.86. The van der Waals surface area contributed by atoms with Gasteiger partial charge in [-0.15, -0.1) is 0 Å². The lowest BCUT2D eigenvalue weighted by Crippen LogP contribution is -2.24. The number of hydrogen-bond donors (Lipinski definition) is 1. The second-order valence-corrected chi connectivity index (χ2v) is 4.41. The van der Waals surface area contributed by atoms with E-state index in [1.807, 2.05) is 7.05 Å². The normalized spacial score (nSPS) is 23.2. The number of hydrogen-bond acceptors (Lipinski definition) is 3. The van der Waals surface area contributed by atoms with Crippen molar-refractivity contribution in [2.45, 2.75) is 12.3 Å². The van der Waals surface area contributed by atoms with Crippen molar-refractivity contribution in [3.63, 3.8) is 0 Å². The zero-order valence-corrected chi connectivity index (χ0v) is 9.34. The molecular formula is C12H16N2O2. The average Bonchev–Trinajstić information content (AvgIpc) is 2.66. The summed E-state index contributed by atoms with van der Waals surface area (Å²) in [7, 11) is 2.03. The van der Waals surface area contributed by atoms with Crippen LogP contribution in [0.3, 0.4) is 0 Å². The first kappa shape index (κ1) is 11.1. The molecule has 1 aromatic heterocycles. The minimum absolute atomic E-state index is 0.213. The summed E-state index contributed by atoms with van der Waals surface area (Å²) in [6.07, 6.45) is 4.27. The van der Waals surface area contributed by atoms with Gasteiger partial charge in [0.2, 0.25) is 0 Å². The molecule has 1 aliphatic rings. The predicted octanol–water partition coefficient (Wildman–Crippen LogP) is 1.20. The number of aliphatic carboxylic acids is 1. The Kier molecular flexibility index (Phi) is 3.19. The summed E-state index contributed by atoms with van der Waals surface area (Å²) >= 11 is 0. The van der Waals surface area contributed by atoms with Crippen molar-refractivity contribution in [3.8, 4) is 0 Å². The third-order valence-electron chi connectivity index (χ3n) is 3.23. The van der Waals surface area contributed by atoms with Gasteiger partial charge in [-0.05, 0) is 43.6 Å². The second-order valence-electron chi connectivity index (χ2n) is 4.41.